The lowest BCUT2D eigenvalue weighted by Crippen LogP contribution is -2.34. The van der Waals surface area contributed by atoms with Crippen LogP contribution in [0.4, 0.5) is 5.69 Å². The monoisotopic (exact) mass is 383 g/mol. The van der Waals surface area contributed by atoms with Gasteiger partial charge >= 0.3 is 5.97 Å². The van der Waals surface area contributed by atoms with E-state index >= 15 is 0 Å². The molecule has 0 saturated carbocycles. The number of benzene rings is 2. The minimum absolute atomic E-state index is 0. The molecule has 0 amide bonds. The first-order chi connectivity index (χ1) is 12.2. The average molecular weight is 384 g/mol. The number of H-pyrrole nitrogens is 1. The van der Waals surface area contributed by atoms with E-state index in [1.165, 1.54) is 5.56 Å². The third-order valence-corrected chi connectivity index (χ3v) is 4.58. The van der Waals surface area contributed by atoms with Crippen molar-refractivity contribution in [3.05, 3.63) is 65.4 Å². The van der Waals surface area contributed by atoms with Crippen molar-refractivity contribution in [3.63, 3.8) is 0 Å². The van der Waals surface area contributed by atoms with Gasteiger partial charge in [-0.25, -0.2) is 4.79 Å². The molecule has 0 radical (unpaired) electrons. The maximum Gasteiger partial charge on any atom is 0.338 e. The Morgan fingerprint density at radius 2 is 1.75 bits per heavy atom. The average Bonchev–Trinajstić information content (AvgIpc) is 3.01. The van der Waals surface area contributed by atoms with Gasteiger partial charge in [0.2, 0.25) is 0 Å². The van der Waals surface area contributed by atoms with Crippen LogP contribution in [0, 0.1) is 0 Å². The Balaban J connectivity index is 0.00000196. The van der Waals surface area contributed by atoms with Crippen LogP contribution in [0.15, 0.2) is 48.5 Å². The Hall–Kier alpha value is -2.59. The fourth-order valence-corrected chi connectivity index (χ4v) is 2.92. The first-order valence-corrected chi connectivity index (χ1v) is 8.95. The van der Waals surface area contributed by atoms with Crippen molar-refractivity contribution in [1.82, 2.24) is 9.47 Å². The Bertz CT molecular complexity index is 933. The van der Waals surface area contributed by atoms with Crippen LogP contribution in [0.5, 0.6) is 0 Å². The number of hydrogen-bond donors (Lipinski definition) is 1. The topological polar surface area (TPSA) is 42.1 Å². The van der Waals surface area contributed by atoms with Gasteiger partial charge in [-0.2, -0.15) is 0 Å². The van der Waals surface area contributed by atoms with Crippen LogP contribution in [0.1, 0.15) is 56.2 Å². The van der Waals surface area contributed by atoms with E-state index in [0.29, 0.717) is 16.0 Å². The summed E-state index contributed by atoms with van der Waals surface area (Å²) in [5, 5.41) is 1.15. The van der Waals surface area contributed by atoms with Crippen molar-refractivity contribution >= 4 is 22.6 Å². The van der Waals surface area contributed by atoms with Gasteiger partial charge in [-0.3, -0.25) is 4.48 Å². The highest BCUT2D eigenvalue weighted by Gasteiger charge is 2.16. The second-order valence-corrected chi connectivity index (χ2v) is 7.93. The summed E-state index contributed by atoms with van der Waals surface area (Å²) in [6.07, 6.45) is 0. The summed E-state index contributed by atoms with van der Waals surface area (Å²) < 4.78 is 6.17. The van der Waals surface area contributed by atoms with E-state index in [4.69, 9.17) is 4.74 Å². The number of ether oxygens (including phenoxy) is 1. The molecule has 4 heteroatoms. The molecule has 152 valence electrons. The van der Waals surface area contributed by atoms with Crippen LogP contribution < -0.4 is 4.48 Å². The number of nitrogens with one attached hydrogen (secondary N) is 1. The fraction of sp³-hybridized carbons (Fsp3) is 0.375. The molecule has 4 nitrogen and oxygen atoms in total. The highest BCUT2D eigenvalue weighted by atomic mass is 16.5. The number of carbonyl (C=O) groups excluding carboxylic acids is 1. The SMILES string of the molecule is C.C.CC(C)c1ccc2[nH]c(COC(=O)c3cccc([N+](C)(C)C)c3)cc2c1. The predicted octanol–water partition coefficient (Wildman–Crippen LogP) is 6.12. The number of esters is 1. The zero-order valence-electron chi connectivity index (χ0n) is 16.2. The number of quaternary nitrogens is 1. The second kappa shape index (κ2) is 9.07. The Labute approximate surface area is 169 Å². The lowest BCUT2D eigenvalue weighted by Gasteiger charge is -2.23. The molecule has 0 fully saturated rings. The Morgan fingerprint density at radius 1 is 1.04 bits per heavy atom. The first-order valence-electron chi connectivity index (χ1n) is 8.95. The van der Waals surface area contributed by atoms with Crippen molar-refractivity contribution in [1.29, 1.82) is 0 Å². The third-order valence-electron chi connectivity index (χ3n) is 4.58. The van der Waals surface area contributed by atoms with Crippen molar-refractivity contribution in [2.75, 3.05) is 21.1 Å². The van der Waals surface area contributed by atoms with E-state index in [1.54, 1.807) is 6.07 Å². The summed E-state index contributed by atoms with van der Waals surface area (Å²) in [5.74, 6) is 0.186. The van der Waals surface area contributed by atoms with Crippen molar-refractivity contribution < 1.29 is 9.53 Å². The van der Waals surface area contributed by atoms with Crippen LogP contribution in [-0.2, 0) is 11.3 Å². The van der Waals surface area contributed by atoms with Gasteiger partial charge in [0.05, 0.1) is 32.4 Å². The molecule has 0 bridgehead atoms. The number of carbonyl (C=O) groups is 1. The van der Waals surface area contributed by atoms with Crippen LogP contribution in [-0.4, -0.2) is 32.1 Å². The van der Waals surface area contributed by atoms with E-state index in [-0.39, 0.29) is 27.4 Å². The molecule has 0 unspecified atom stereocenters. The quantitative estimate of drug-likeness (QED) is 0.426. The predicted molar refractivity (Wildman–Crippen MR) is 121 cm³/mol. The van der Waals surface area contributed by atoms with Crippen LogP contribution in [0.25, 0.3) is 10.9 Å². The minimum atomic E-state index is -0.304. The molecular weight excluding hydrogens is 348 g/mol. The summed E-state index contributed by atoms with van der Waals surface area (Å²) in [4.78, 5) is 15.7. The molecule has 2 aromatic carbocycles. The van der Waals surface area contributed by atoms with Crippen molar-refractivity contribution in [3.8, 4) is 0 Å². The van der Waals surface area contributed by atoms with E-state index in [0.717, 1.165) is 22.3 Å². The lowest BCUT2D eigenvalue weighted by atomic mass is 10.0. The number of aromatic nitrogens is 1. The molecule has 3 aromatic rings. The molecule has 0 atom stereocenters. The third kappa shape index (κ3) is 5.23. The minimum Gasteiger partial charge on any atom is -0.456 e. The van der Waals surface area contributed by atoms with Gasteiger partial charge in [-0.05, 0) is 41.8 Å². The highest BCUT2D eigenvalue weighted by molar-refractivity contribution is 5.90. The molecule has 0 spiro atoms. The molecule has 28 heavy (non-hydrogen) atoms. The molecule has 1 heterocycles. The van der Waals surface area contributed by atoms with Crippen LogP contribution >= 0.6 is 0 Å². The molecule has 0 aliphatic heterocycles. The van der Waals surface area contributed by atoms with Gasteiger partial charge < -0.3 is 9.72 Å². The summed E-state index contributed by atoms with van der Waals surface area (Å²) >= 11 is 0. The normalized spacial score (nSPS) is 11.1. The van der Waals surface area contributed by atoms with Gasteiger partial charge in [-0.15, -0.1) is 0 Å². The maximum absolute atomic E-state index is 12.4. The van der Waals surface area contributed by atoms with Gasteiger partial charge in [0.1, 0.15) is 12.3 Å². The zero-order valence-corrected chi connectivity index (χ0v) is 16.2. The maximum atomic E-state index is 12.4. The number of nitrogens with zero attached hydrogens (tertiary/aromatic N) is 1. The summed E-state index contributed by atoms with van der Waals surface area (Å²) in [6.45, 7) is 4.60. The highest BCUT2D eigenvalue weighted by Crippen LogP contribution is 2.23. The fourth-order valence-electron chi connectivity index (χ4n) is 2.92. The first kappa shape index (κ1) is 23.4. The van der Waals surface area contributed by atoms with Gasteiger partial charge in [0.15, 0.2) is 0 Å². The van der Waals surface area contributed by atoms with Crippen LogP contribution in [0.3, 0.4) is 0 Å². The van der Waals surface area contributed by atoms with E-state index in [2.05, 4.69) is 64.2 Å². The molecule has 1 N–H and O–H groups in total. The van der Waals surface area contributed by atoms with Crippen molar-refractivity contribution in [2.24, 2.45) is 0 Å². The zero-order chi connectivity index (χ0) is 18.9. The largest absolute Gasteiger partial charge is 0.456 e. The Morgan fingerprint density at radius 3 is 2.39 bits per heavy atom. The number of rotatable bonds is 5. The second-order valence-electron chi connectivity index (χ2n) is 7.93. The molecule has 0 saturated heterocycles. The lowest BCUT2D eigenvalue weighted by molar-refractivity contribution is 0.0468. The van der Waals surface area contributed by atoms with E-state index in [1.807, 2.05) is 18.2 Å². The molecule has 0 aliphatic rings. The number of hydrogen-bond acceptors (Lipinski definition) is 2. The molecule has 3 rings (SSSR count). The summed E-state index contributed by atoms with van der Waals surface area (Å²) in [6, 6.07) is 16.1. The molecule has 0 aliphatic carbocycles. The standard InChI is InChI=1S/C22H27N2O2.2CH4/c1-15(2)16-9-10-21-18(11-16)12-19(23-21)14-26-22(25)17-7-6-8-20(13-17)24(3,4)5;;/h6-13,15,23H,14H2,1-5H3;2*1H4/q+1;;. The Kier molecular flexibility index (Phi) is 7.59. The summed E-state index contributed by atoms with van der Waals surface area (Å²) in [5.41, 5.74) is 4.90. The molecular formula is C24H35N2O2+. The van der Waals surface area contributed by atoms with Crippen LogP contribution in [0.2, 0.25) is 0 Å². The van der Waals surface area contributed by atoms with Crippen molar-refractivity contribution in [2.45, 2.75) is 41.2 Å². The van der Waals surface area contributed by atoms with Gasteiger partial charge in [0.25, 0.3) is 0 Å². The summed E-state index contributed by atoms with van der Waals surface area (Å²) in [7, 11) is 6.21. The van der Waals surface area contributed by atoms with E-state index in [9.17, 15) is 4.79 Å². The molecule has 1 aromatic heterocycles. The smallest absolute Gasteiger partial charge is 0.338 e. The van der Waals surface area contributed by atoms with Gasteiger partial charge in [0, 0.05) is 17.0 Å². The van der Waals surface area contributed by atoms with E-state index < -0.39 is 0 Å². The number of fused-ring (bicyclic) bond motifs is 1. The number of aromatic amines is 1. The van der Waals surface area contributed by atoms with Gasteiger partial charge in [-0.1, -0.05) is 40.8 Å².